The molecule has 7 N–H and O–H groups in total. The molecule has 2 aromatic rings. The summed E-state index contributed by atoms with van der Waals surface area (Å²) in [6.45, 7) is 8.51. The van der Waals surface area contributed by atoms with Crippen molar-refractivity contribution >= 4 is 47.7 Å². The van der Waals surface area contributed by atoms with Crippen molar-refractivity contribution in [3.05, 3.63) is 35.5 Å². The minimum atomic E-state index is -4.99. The Bertz CT molecular complexity index is 1510. The number of nitrogens with one attached hydrogen (secondary N) is 3. The lowest BCUT2D eigenvalue weighted by molar-refractivity contribution is -0.144. The molecular weight excluding hydrogens is 591 g/mol. The molecule has 14 nitrogen and oxygen atoms in total. The summed E-state index contributed by atoms with van der Waals surface area (Å²) in [5.74, 6) is -1.74. The third-order valence-electron chi connectivity index (χ3n) is 8.39. The van der Waals surface area contributed by atoms with Crippen molar-refractivity contribution in [1.29, 1.82) is 0 Å². The van der Waals surface area contributed by atoms with Crippen molar-refractivity contribution < 1.29 is 38.3 Å². The molecular formula is C29H41N6O8P. The lowest BCUT2D eigenvalue weighted by Crippen LogP contribution is -2.62. The number of fused-ring (bicyclic) bond motifs is 2. The summed E-state index contributed by atoms with van der Waals surface area (Å²) in [6, 6.07) is 3.63. The number of carbonyl (C=O) groups excluding carboxylic acids is 5. The van der Waals surface area contributed by atoms with Crippen LogP contribution in [0.1, 0.15) is 80.6 Å². The van der Waals surface area contributed by atoms with Crippen LogP contribution >= 0.6 is 7.60 Å². The summed E-state index contributed by atoms with van der Waals surface area (Å²) in [4.78, 5) is 89.5. The van der Waals surface area contributed by atoms with E-state index in [1.807, 2.05) is 13.8 Å². The number of amides is 4. The van der Waals surface area contributed by atoms with E-state index >= 15 is 0 Å². The van der Waals surface area contributed by atoms with Crippen LogP contribution in [0.5, 0.6) is 0 Å². The first kappa shape index (κ1) is 33.3. The van der Waals surface area contributed by atoms with Crippen molar-refractivity contribution in [3.63, 3.8) is 0 Å². The number of nitrogens with zero attached hydrogens (tertiary/aromatic N) is 2. The van der Waals surface area contributed by atoms with Gasteiger partial charge < -0.3 is 36.0 Å². The van der Waals surface area contributed by atoms with Gasteiger partial charge in [0, 0.05) is 53.6 Å². The van der Waals surface area contributed by atoms with Gasteiger partial charge in [0.15, 0.2) is 0 Å². The highest BCUT2D eigenvalue weighted by atomic mass is 31.2. The molecule has 240 valence electrons. The first-order valence-corrected chi connectivity index (χ1v) is 16.3. The van der Waals surface area contributed by atoms with E-state index in [-0.39, 0.29) is 48.1 Å². The van der Waals surface area contributed by atoms with Gasteiger partial charge in [-0.3, -0.25) is 33.4 Å². The minimum Gasteiger partial charge on any atom is -0.370 e. The third-order valence-corrected chi connectivity index (χ3v) is 9.18. The van der Waals surface area contributed by atoms with Gasteiger partial charge in [0.05, 0.1) is 0 Å². The van der Waals surface area contributed by atoms with E-state index in [0.29, 0.717) is 43.1 Å². The number of hydrogen-bond acceptors (Lipinski definition) is 7. The maximum atomic E-state index is 14.1. The molecule has 2 saturated heterocycles. The quantitative estimate of drug-likeness (QED) is 0.207. The molecule has 1 aromatic heterocycles. The van der Waals surface area contributed by atoms with Gasteiger partial charge in [0.1, 0.15) is 17.8 Å². The highest BCUT2D eigenvalue weighted by molar-refractivity contribution is 7.70. The Morgan fingerprint density at radius 3 is 2.48 bits per heavy atom. The fraction of sp³-hybridized carbons (Fsp3) is 0.552. The van der Waals surface area contributed by atoms with Crippen LogP contribution in [0.15, 0.2) is 24.3 Å². The Morgan fingerprint density at radius 1 is 1.14 bits per heavy atom. The Hall–Kier alpha value is -3.58. The number of nitrogens with two attached hydrogens (primary N) is 1. The van der Waals surface area contributed by atoms with Gasteiger partial charge in [-0.2, -0.15) is 0 Å². The van der Waals surface area contributed by atoms with Crippen molar-refractivity contribution in [2.45, 2.75) is 89.5 Å². The number of rotatable bonds is 10. The predicted octanol–water partition coefficient (Wildman–Crippen LogP) is 1.22. The summed E-state index contributed by atoms with van der Waals surface area (Å²) in [5, 5.41) is 6.19. The molecule has 4 rings (SSSR count). The second-order valence-electron chi connectivity index (χ2n) is 12.6. The lowest BCUT2D eigenvalue weighted by atomic mass is 9.97. The van der Waals surface area contributed by atoms with Crippen LogP contribution in [0, 0.1) is 0 Å². The molecule has 2 fully saturated rings. The standard InChI is InChI=1S/C29H41N6O8P/c1-16(2)34-12-10-19-6-8-23(26(38)33-29(3,4)11-9-24(30)36)35(19)27(39)22(15-34)32-25(37)21-14-18-13-17(5-7-20(18)31-21)28(40)44(41,42)43/h5,7,13-14,16,19,22-23,31H,6,8-12,15H2,1-4H3,(H2,30,36)(H,32,37)(H,33,38)(H2,41,42,43)/t19-,22+,23+/m1/s1. The van der Waals surface area contributed by atoms with Gasteiger partial charge in [-0.05, 0) is 77.6 Å². The highest BCUT2D eigenvalue weighted by Gasteiger charge is 2.46. The molecule has 3 atom stereocenters. The van der Waals surface area contributed by atoms with Crippen LogP contribution in [0.4, 0.5) is 0 Å². The van der Waals surface area contributed by atoms with Crippen LogP contribution in [0.2, 0.25) is 0 Å². The Labute approximate surface area is 255 Å². The largest absolute Gasteiger partial charge is 0.396 e. The fourth-order valence-electron chi connectivity index (χ4n) is 5.94. The molecule has 2 aliphatic heterocycles. The maximum absolute atomic E-state index is 14.1. The molecule has 0 bridgehead atoms. The van der Waals surface area contributed by atoms with Crippen molar-refractivity contribution in [2.24, 2.45) is 5.73 Å². The zero-order valence-corrected chi connectivity index (χ0v) is 26.2. The van der Waals surface area contributed by atoms with Gasteiger partial charge in [0.2, 0.25) is 17.7 Å². The zero-order chi connectivity index (χ0) is 32.6. The first-order chi connectivity index (χ1) is 20.5. The number of aromatic amines is 1. The molecule has 15 heteroatoms. The predicted molar refractivity (Wildman–Crippen MR) is 162 cm³/mol. The average molecular weight is 633 g/mol. The van der Waals surface area contributed by atoms with Gasteiger partial charge in [0.25, 0.3) is 11.4 Å². The van der Waals surface area contributed by atoms with Crippen molar-refractivity contribution in [3.8, 4) is 0 Å². The number of carbonyl (C=O) groups is 5. The summed E-state index contributed by atoms with van der Waals surface area (Å²) < 4.78 is 11.4. The minimum absolute atomic E-state index is 0.0928. The van der Waals surface area contributed by atoms with E-state index in [2.05, 4.69) is 20.5 Å². The molecule has 0 aliphatic carbocycles. The summed E-state index contributed by atoms with van der Waals surface area (Å²) in [6.07, 6.45) is 2.23. The van der Waals surface area contributed by atoms with Gasteiger partial charge >= 0.3 is 7.60 Å². The summed E-state index contributed by atoms with van der Waals surface area (Å²) >= 11 is 0. The highest BCUT2D eigenvalue weighted by Crippen LogP contribution is 2.39. The van der Waals surface area contributed by atoms with E-state index in [0.717, 1.165) is 0 Å². The second-order valence-corrected chi connectivity index (χ2v) is 14.1. The van der Waals surface area contributed by atoms with Crippen LogP contribution in [-0.4, -0.2) is 96.5 Å². The van der Waals surface area contributed by atoms with Crippen LogP contribution in [0.25, 0.3) is 10.9 Å². The zero-order valence-electron chi connectivity index (χ0n) is 25.3. The normalized spacial score (nSPS) is 21.6. The van der Waals surface area contributed by atoms with Crippen molar-refractivity contribution in [1.82, 2.24) is 25.4 Å². The maximum Gasteiger partial charge on any atom is 0.396 e. The monoisotopic (exact) mass is 632 g/mol. The molecule has 0 unspecified atom stereocenters. The second kappa shape index (κ2) is 12.8. The molecule has 0 radical (unpaired) electrons. The molecule has 0 spiro atoms. The smallest absolute Gasteiger partial charge is 0.370 e. The average Bonchev–Trinajstić information content (AvgIpc) is 3.55. The van der Waals surface area contributed by atoms with E-state index in [1.165, 1.54) is 24.3 Å². The van der Waals surface area contributed by atoms with Gasteiger partial charge in [-0.25, -0.2) is 0 Å². The molecule has 1 aromatic carbocycles. The number of H-pyrrole nitrogens is 1. The van der Waals surface area contributed by atoms with Crippen LogP contribution < -0.4 is 16.4 Å². The number of hydrogen-bond donors (Lipinski definition) is 6. The summed E-state index contributed by atoms with van der Waals surface area (Å²) in [5.41, 5.74) is 3.60. The third kappa shape index (κ3) is 7.55. The molecule has 0 saturated carbocycles. The fourth-order valence-corrected chi connectivity index (χ4v) is 6.41. The number of aromatic nitrogens is 1. The van der Waals surface area contributed by atoms with E-state index in [1.54, 1.807) is 18.7 Å². The van der Waals surface area contributed by atoms with Gasteiger partial charge in [-0.15, -0.1) is 0 Å². The summed E-state index contributed by atoms with van der Waals surface area (Å²) in [7, 11) is -4.99. The lowest BCUT2D eigenvalue weighted by Gasteiger charge is -2.40. The van der Waals surface area contributed by atoms with E-state index in [4.69, 9.17) is 5.73 Å². The van der Waals surface area contributed by atoms with Crippen LogP contribution in [0.3, 0.4) is 0 Å². The Kier molecular flexibility index (Phi) is 9.69. The molecule has 44 heavy (non-hydrogen) atoms. The van der Waals surface area contributed by atoms with E-state index < -0.39 is 42.6 Å². The molecule has 3 heterocycles. The van der Waals surface area contributed by atoms with Crippen molar-refractivity contribution in [2.75, 3.05) is 13.1 Å². The van der Waals surface area contributed by atoms with Gasteiger partial charge in [-0.1, -0.05) is 0 Å². The number of benzene rings is 1. The number of primary amides is 1. The molecule has 2 aliphatic rings. The SMILES string of the molecule is CC(C)N1CC[C@H]2CC[C@@H](C(=O)NC(C)(C)CCC(N)=O)N2C(=O)[C@@H](NC(=O)c2cc3cc(C(=O)P(=O)(O)O)ccc3[nH]2)C1. The topological polar surface area (TPSA) is 215 Å². The molecule has 4 amide bonds. The first-order valence-electron chi connectivity index (χ1n) is 14.7. The van der Waals surface area contributed by atoms with E-state index in [9.17, 15) is 38.3 Å². The Balaban J connectivity index is 1.57. The Morgan fingerprint density at radius 2 is 1.84 bits per heavy atom. The van der Waals surface area contributed by atoms with Crippen LogP contribution in [-0.2, 0) is 18.9 Å².